The van der Waals surface area contributed by atoms with Gasteiger partial charge in [-0.05, 0) is 25.7 Å². The molecule has 0 radical (unpaired) electrons. The third kappa shape index (κ3) is 3.83. The molecule has 80 valence electrons. The molecule has 0 aliphatic carbocycles. The van der Waals surface area contributed by atoms with Gasteiger partial charge in [0, 0.05) is 19.0 Å². The number of carbonyl (C=O) groups excluding carboxylic acids is 1. The highest BCUT2D eigenvalue weighted by Gasteiger charge is 2.24. The van der Waals surface area contributed by atoms with Crippen LogP contribution in [0.2, 0.25) is 0 Å². The van der Waals surface area contributed by atoms with Crippen molar-refractivity contribution in [2.24, 2.45) is 5.92 Å². The van der Waals surface area contributed by atoms with Gasteiger partial charge in [0.1, 0.15) is 0 Å². The van der Waals surface area contributed by atoms with E-state index in [9.17, 15) is 4.79 Å². The first-order valence-electron chi connectivity index (χ1n) is 5.24. The normalized spacial score (nSPS) is 20.4. The van der Waals surface area contributed by atoms with Gasteiger partial charge in [-0.25, -0.2) is 0 Å². The van der Waals surface area contributed by atoms with Gasteiger partial charge in [0.25, 0.3) is 0 Å². The van der Waals surface area contributed by atoms with Crippen molar-refractivity contribution in [2.75, 3.05) is 6.54 Å². The minimum absolute atomic E-state index is 0.343. The molecule has 0 N–H and O–H groups in total. The van der Waals surface area contributed by atoms with Crippen LogP contribution in [0.3, 0.4) is 0 Å². The topological polar surface area (TPSA) is 20.3 Å². The summed E-state index contributed by atoms with van der Waals surface area (Å²) < 4.78 is 0. The van der Waals surface area contributed by atoms with Crippen molar-refractivity contribution in [1.29, 1.82) is 0 Å². The summed E-state index contributed by atoms with van der Waals surface area (Å²) in [6, 6.07) is 0.483. The van der Waals surface area contributed by atoms with Crippen LogP contribution in [-0.4, -0.2) is 23.4 Å². The van der Waals surface area contributed by atoms with Gasteiger partial charge in [-0.3, -0.25) is 4.79 Å². The van der Waals surface area contributed by atoms with Gasteiger partial charge < -0.3 is 4.90 Å². The lowest BCUT2D eigenvalue weighted by Gasteiger charge is -2.22. The van der Waals surface area contributed by atoms with E-state index in [4.69, 9.17) is 0 Å². The molecule has 1 amide bonds. The van der Waals surface area contributed by atoms with Crippen molar-refractivity contribution in [1.82, 2.24) is 4.90 Å². The zero-order valence-electron chi connectivity index (χ0n) is 9.49. The molecule has 0 unspecified atom stereocenters. The smallest absolute Gasteiger partial charge is 0.223 e. The number of terminal acetylenes is 1. The van der Waals surface area contributed by atoms with Crippen LogP contribution in [0.1, 0.15) is 40.0 Å². The van der Waals surface area contributed by atoms with Crippen molar-refractivity contribution in [3.05, 3.63) is 0 Å². The highest BCUT2D eigenvalue weighted by Crippen LogP contribution is 2.18. The summed E-state index contributed by atoms with van der Waals surface area (Å²) in [4.78, 5) is 13.6. The summed E-state index contributed by atoms with van der Waals surface area (Å²) in [7, 11) is 0. The molecule has 0 aromatic heterocycles. The van der Waals surface area contributed by atoms with E-state index in [0.29, 0.717) is 24.3 Å². The lowest BCUT2D eigenvalue weighted by molar-refractivity contribution is -0.132. The van der Waals surface area contributed by atoms with Gasteiger partial charge in [0.05, 0.1) is 0 Å². The summed E-state index contributed by atoms with van der Waals surface area (Å²) in [5.74, 6) is 0.834. The largest absolute Gasteiger partial charge is 0.340 e. The molecule has 1 fully saturated rings. The first-order chi connectivity index (χ1) is 6.61. The Bertz CT molecular complexity index is 196. The Morgan fingerprint density at radius 3 is 2.43 bits per heavy atom. The number of hydrogen-bond donors (Lipinski definition) is 0. The molecule has 1 heterocycles. The molecule has 0 spiro atoms. The minimum Gasteiger partial charge on any atom is -0.340 e. The van der Waals surface area contributed by atoms with E-state index in [-0.39, 0.29) is 0 Å². The fraction of sp³-hybridized carbons (Fsp3) is 0.750. The number of likely N-dealkylation sites (tertiary alicyclic amines) is 1. The highest BCUT2D eigenvalue weighted by molar-refractivity contribution is 5.76. The molecule has 1 aliphatic rings. The average molecular weight is 195 g/mol. The Morgan fingerprint density at radius 1 is 1.50 bits per heavy atom. The predicted octanol–water partition coefficient (Wildman–Crippen LogP) is 2.29. The number of rotatable bonds is 2. The summed E-state index contributed by atoms with van der Waals surface area (Å²) in [5.41, 5.74) is 0. The van der Waals surface area contributed by atoms with Gasteiger partial charge in [-0.15, -0.1) is 12.8 Å². The van der Waals surface area contributed by atoms with Crippen LogP contribution in [0, 0.1) is 18.8 Å². The van der Waals surface area contributed by atoms with Crippen molar-refractivity contribution in [3.8, 4) is 12.8 Å². The van der Waals surface area contributed by atoms with Crippen molar-refractivity contribution in [3.63, 3.8) is 0 Å². The molecule has 0 saturated carbocycles. The molecule has 1 aliphatic heterocycles. The van der Waals surface area contributed by atoms with Gasteiger partial charge in [-0.2, -0.15) is 0 Å². The summed E-state index contributed by atoms with van der Waals surface area (Å²) in [5, 5.41) is 0. The van der Waals surface area contributed by atoms with Crippen LogP contribution >= 0.6 is 0 Å². The van der Waals surface area contributed by atoms with Gasteiger partial charge in [0.2, 0.25) is 5.91 Å². The van der Waals surface area contributed by atoms with Gasteiger partial charge in [-0.1, -0.05) is 13.8 Å². The molecule has 2 nitrogen and oxygen atoms in total. The average Bonchev–Trinajstić information content (AvgIpc) is 2.54. The zero-order chi connectivity index (χ0) is 11.1. The quantitative estimate of drug-likeness (QED) is 0.619. The number of amides is 1. The second kappa shape index (κ2) is 6.48. The fourth-order valence-corrected chi connectivity index (χ4v) is 1.77. The van der Waals surface area contributed by atoms with E-state index in [1.165, 1.54) is 12.8 Å². The van der Waals surface area contributed by atoms with E-state index in [1.54, 1.807) is 0 Å². The van der Waals surface area contributed by atoms with E-state index in [2.05, 4.69) is 33.6 Å². The summed E-state index contributed by atoms with van der Waals surface area (Å²) >= 11 is 0. The third-order valence-electron chi connectivity index (χ3n) is 2.46. The molecule has 0 aromatic carbocycles. The molecule has 14 heavy (non-hydrogen) atoms. The number of hydrogen-bond acceptors (Lipinski definition) is 1. The molecule has 1 rings (SSSR count). The van der Waals surface area contributed by atoms with Crippen LogP contribution in [0.5, 0.6) is 0 Å². The second-order valence-corrected chi connectivity index (χ2v) is 4.18. The maximum atomic E-state index is 11.6. The van der Waals surface area contributed by atoms with Crippen LogP contribution in [0.15, 0.2) is 0 Å². The zero-order valence-corrected chi connectivity index (χ0v) is 9.49. The second-order valence-electron chi connectivity index (χ2n) is 4.18. The van der Waals surface area contributed by atoms with Gasteiger partial charge >= 0.3 is 0 Å². The first kappa shape index (κ1) is 13.0. The van der Waals surface area contributed by atoms with Crippen LogP contribution in [0.25, 0.3) is 0 Å². The van der Waals surface area contributed by atoms with E-state index in [1.807, 2.05) is 4.90 Å². The van der Waals surface area contributed by atoms with Crippen LogP contribution in [0.4, 0.5) is 0 Å². The summed E-state index contributed by atoms with van der Waals surface area (Å²) in [6.45, 7) is 7.31. The molecule has 2 heteroatoms. The fourth-order valence-electron chi connectivity index (χ4n) is 1.77. The monoisotopic (exact) mass is 195 g/mol. The van der Waals surface area contributed by atoms with Crippen LogP contribution < -0.4 is 0 Å². The van der Waals surface area contributed by atoms with E-state index >= 15 is 0 Å². The lowest BCUT2D eigenvalue weighted by Crippen LogP contribution is -2.34. The molecule has 0 aromatic rings. The minimum atomic E-state index is 0.343. The maximum Gasteiger partial charge on any atom is 0.223 e. The van der Waals surface area contributed by atoms with Crippen molar-refractivity contribution in [2.45, 2.75) is 46.1 Å². The Hall–Kier alpha value is -0.970. The van der Waals surface area contributed by atoms with Crippen molar-refractivity contribution >= 4 is 5.91 Å². The molecular formula is C12H21NO. The Labute approximate surface area is 87.7 Å². The molecule has 1 atom stereocenters. The predicted molar refractivity (Wildman–Crippen MR) is 59.8 cm³/mol. The standard InChI is InChI=1S/C10H19NO.C2H2/c1-8(2)7-10(12)11-6-4-5-9(11)3;1-2/h8-9H,4-7H2,1-3H3;1-2H/t9-;/m0./s1. The Morgan fingerprint density at radius 2 is 2.07 bits per heavy atom. The molecule has 0 bridgehead atoms. The Balaban J connectivity index is 0.000000791. The first-order valence-corrected chi connectivity index (χ1v) is 5.24. The number of carbonyl (C=O) groups is 1. The SMILES string of the molecule is C#C.CC(C)CC(=O)N1CCC[C@@H]1C. The third-order valence-corrected chi connectivity index (χ3v) is 2.46. The van der Waals surface area contributed by atoms with Gasteiger partial charge in [0.15, 0.2) is 0 Å². The molecular weight excluding hydrogens is 174 g/mol. The van der Waals surface area contributed by atoms with E-state index in [0.717, 1.165) is 6.54 Å². The number of nitrogens with zero attached hydrogens (tertiary/aromatic N) is 1. The summed E-state index contributed by atoms with van der Waals surface area (Å²) in [6.07, 6.45) is 11.1. The Kier molecular flexibility index (Phi) is 6.03. The molecule has 1 saturated heterocycles. The maximum absolute atomic E-state index is 11.6. The van der Waals surface area contributed by atoms with Crippen molar-refractivity contribution < 1.29 is 4.79 Å². The van der Waals surface area contributed by atoms with Crippen LogP contribution in [-0.2, 0) is 4.79 Å². The van der Waals surface area contributed by atoms with E-state index < -0.39 is 0 Å². The lowest BCUT2D eigenvalue weighted by atomic mass is 10.1. The highest BCUT2D eigenvalue weighted by atomic mass is 16.2.